The molecule has 0 bridgehead atoms. The van der Waals surface area contributed by atoms with E-state index in [0.717, 1.165) is 51.4 Å². The van der Waals surface area contributed by atoms with Gasteiger partial charge in [-0.25, -0.2) is 4.98 Å². The fourth-order valence-electron chi connectivity index (χ4n) is 5.20. The number of amides is 1. The minimum absolute atomic E-state index is 0.0260. The van der Waals surface area contributed by atoms with Crippen molar-refractivity contribution in [1.82, 2.24) is 15.2 Å². The molecule has 2 fully saturated rings. The molecule has 2 aliphatic rings. The molecule has 3 N–H and O–H groups in total. The van der Waals surface area contributed by atoms with Gasteiger partial charge in [-0.1, -0.05) is 51.0 Å². The monoisotopic (exact) mass is 490 g/mol. The second-order valence-electron chi connectivity index (χ2n) is 10.5. The van der Waals surface area contributed by atoms with Gasteiger partial charge in [-0.3, -0.25) is 15.1 Å². The van der Waals surface area contributed by atoms with Crippen molar-refractivity contribution < 1.29 is 4.79 Å². The van der Waals surface area contributed by atoms with E-state index in [1.54, 1.807) is 7.05 Å². The third-order valence-corrected chi connectivity index (χ3v) is 7.52. The van der Waals surface area contributed by atoms with Gasteiger partial charge in [-0.2, -0.15) is 0 Å². The van der Waals surface area contributed by atoms with Crippen molar-refractivity contribution in [2.24, 2.45) is 0 Å². The van der Waals surface area contributed by atoms with Gasteiger partial charge in [0.2, 0.25) is 0 Å². The first-order chi connectivity index (χ1) is 17.4. The predicted molar refractivity (Wildman–Crippen MR) is 148 cm³/mol. The van der Waals surface area contributed by atoms with E-state index in [9.17, 15) is 4.79 Å². The highest BCUT2D eigenvalue weighted by atomic mass is 16.1. The predicted octanol–water partition coefficient (Wildman–Crippen LogP) is 4.78. The number of carbonyl (C=O) groups excluding carboxylic acids is 1. The SMILES string of the molecule is CNc1nc(N2CCCCCC2)ccc1C(=N)C(=O)NC1CCN(Cc2ccc(C(C)C)cc2)CC1. The zero-order chi connectivity index (χ0) is 25.5. The first-order valence-electron chi connectivity index (χ1n) is 13.6. The summed E-state index contributed by atoms with van der Waals surface area (Å²) in [6.07, 6.45) is 6.69. The summed E-state index contributed by atoms with van der Waals surface area (Å²) in [5, 5.41) is 14.8. The second kappa shape index (κ2) is 12.3. The van der Waals surface area contributed by atoms with Gasteiger partial charge in [0.15, 0.2) is 0 Å². The number of nitrogens with one attached hydrogen (secondary N) is 3. The number of aromatic nitrogens is 1. The van der Waals surface area contributed by atoms with Crippen LogP contribution >= 0.6 is 0 Å². The molecule has 0 saturated carbocycles. The summed E-state index contributed by atoms with van der Waals surface area (Å²) in [6.45, 7) is 9.28. The summed E-state index contributed by atoms with van der Waals surface area (Å²) >= 11 is 0. The summed E-state index contributed by atoms with van der Waals surface area (Å²) in [6, 6.07) is 12.8. The number of anilines is 2. The van der Waals surface area contributed by atoms with E-state index in [2.05, 4.69) is 58.5 Å². The Labute approximate surface area is 216 Å². The lowest BCUT2D eigenvalue weighted by Crippen LogP contribution is -2.46. The Kier molecular flexibility index (Phi) is 8.97. The Morgan fingerprint density at radius 1 is 1.00 bits per heavy atom. The summed E-state index contributed by atoms with van der Waals surface area (Å²) in [5.41, 5.74) is 3.23. The van der Waals surface area contributed by atoms with Crippen molar-refractivity contribution >= 4 is 23.3 Å². The largest absolute Gasteiger partial charge is 0.373 e. The third kappa shape index (κ3) is 6.64. The lowest BCUT2D eigenvalue weighted by atomic mass is 10.0. The zero-order valence-corrected chi connectivity index (χ0v) is 22.1. The quantitative estimate of drug-likeness (QED) is 0.464. The van der Waals surface area contributed by atoms with Crippen LogP contribution in [0.25, 0.3) is 0 Å². The maximum absolute atomic E-state index is 13.0. The fraction of sp³-hybridized carbons (Fsp3) is 0.552. The average Bonchev–Trinajstić information content (AvgIpc) is 3.19. The Morgan fingerprint density at radius 2 is 1.67 bits per heavy atom. The molecule has 0 atom stereocenters. The van der Waals surface area contributed by atoms with Crippen molar-refractivity contribution in [2.45, 2.75) is 70.9 Å². The Morgan fingerprint density at radius 3 is 2.28 bits per heavy atom. The van der Waals surface area contributed by atoms with E-state index >= 15 is 0 Å². The van der Waals surface area contributed by atoms with Crippen molar-refractivity contribution in [3.8, 4) is 0 Å². The van der Waals surface area contributed by atoms with Crippen molar-refractivity contribution in [2.75, 3.05) is 43.4 Å². The molecule has 7 heteroatoms. The Hall–Kier alpha value is -2.93. The normalized spacial score (nSPS) is 17.6. The van der Waals surface area contributed by atoms with E-state index in [0.29, 0.717) is 17.3 Å². The number of nitrogens with zero attached hydrogens (tertiary/aromatic N) is 3. The van der Waals surface area contributed by atoms with E-state index in [-0.39, 0.29) is 17.7 Å². The number of pyridine rings is 1. The standard InChI is InChI=1S/C29H42N6O/c1-21(2)23-10-8-22(9-11-23)20-34-18-14-24(15-19-34)32-29(36)27(30)25-12-13-26(33-28(25)31-3)35-16-6-4-5-7-17-35/h8-13,21,24,30H,4-7,14-20H2,1-3H3,(H,31,33)(H,32,36). The lowest BCUT2D eigenvalue weighted by molar-refractivity contribution is -0.115. The smallest absolute Gasteiger partial charge is 0.270 e. The van der Waals surface area contributed by atoms with Crippen molar-refractivity contribution in [3.05, 3.63) is 53.1 Å². The van der Waals surface area contributed by atoms with Gasteiger partial charge in [0.05, 0.1) is 0 Å². The molecule has 0 spiro atoms. The van der Waals surface area contributed by atoms with Crippen LogP contribution in [0.3, 0.4) is 0 Å². The van der Waals surface area contributed by atoms with E-state index < -0.39 is 0 Å². The highest BCUT2D eigenvalue weighted by molar-refractivity contribution is 6.45. The van der Waals surface area contributed by atoms with Crippen LogP contribution in [0, 0.1) is 5.41 Å². The molecule has 0 radical (unpaired) electrons. The van der Waals surface area contributed by atoms with Crippen molar-refractivity contribution in [3.63, 3.8) is 0 Å². The molecule has 1 amide bonds. The summed E-state index contributed by atoms with van der Waals surface area (Å²) in [5.74, 6) is 1.74. The van der Waals surface area contributed by atoms with Crippen LogP contribution in [-0.2, 0) is 11.3 Å². The van der Waals surface area contributed by atoms with Gasteiger partial charge in [0.1, 0.15) is 17.3 Å². The number of piperidine rings is 1. The molecule has 3 heterocycles. The number of hydrogen-bond acceptors (Lipinski definition) is 6. The van der Waals surface area contributed by atoms with Crippen LogP contribution in [0.1, 0.15) is 75.0 Å². The van der Waals surface area contributed by atoms with Gasteiger partial charge in [-0.15, -0.1) is 0 Å². The van der Waals surface area contributed by atoms with Crippen LogP contribution in [-0.4, -0.2) is 60.8 Å². The van der Waals surface area contributed by atoms with Crippen molar-refractivity contribution in [1.29, 1.82) is 5.41 Å². The maximum atomic E-state index is 13.0. The summed E-state index contributed by atoms with van der Waals surface area (Å²) in [4.78, 5) is 22.5. The van der Waals surface area contributed by atoms with Gasteiger partial charge in [0.25, 0.3) is 5.91 Å². The molecule has 1 aromatic carbocycles. The summed E-state index contributed by atoms with van der Waals surface area (Å²) in [7, 11) is 1.80. The molecule has 1 aromatic heterocycles. The van der Waals surface area contributed by atoms with Gasteiger partial charge in [0, 0.05) is 51.4 Å². The number of carbonyl (C=O) groups is 1. The lowest BCUT2D eigenvalue weighted by Gasteiger charge is -2.32. The number of rotatable bonds is 8. The Balaban J connectivity index is 1.30. The summed E-state index contributed by atoms with van der Waals surface area (Å²) < 4.78 is 0. The van der Waals surface area contributed by atoms with Gasteiger partial charge >= 0.3 is 0 Å². The molecule has 0 aliphatic carbocycles. The number of benzene rings is 1. The average molecular weight is 491 g/mol. The van der Waals surface area contributed by atoms with E-state index in [4.69, 9.17) is 10.4 Å². The second-order valence-corrected chi connectivity index (χ2v) is 10.5. The first-order valence-corrected chi connectivity index (χ1v) is 13.6. The molecule has 2 aliphatic heterocycles. The van der Waals surface area contributed by atoms with Crippen LogP contribution in [0.4, 0.5) is 11.6 Å². The van der Waals surface area contributed by atoms with Gasteiger partial charge in [-0.05, 0) is 54.9 Å². The number of likely N-dealkylation sites (tertiary alicyclic amines) is 1. The molecule has 2 saturated heterocycles. The zero-order valence-electron chi connectivity index (χ0n) is 22.1. The Bertz CT molecular complexity index is 1020. The highest BCUT2D eigenvalue weighted by Gasteiger charge is 2.24. The molecular weight excluding hydrogens is 448 g/mol. The van der Waals surface area contributed by atoms with E-state index in [1.165, 1.54) is 36.8 Å². The molecule has 4 rings (SSSR count). The van der Waals surface area contributed by atoms with E-state index in [1.807, 2.05) is 12.1 Å². The number of hydrogen-bond donors (Lipinski definition) is 3. The van der Waals surface area contributed by atoms with Crippen LogP contribution in [0.5, 0.6) is 0 Å². The highest BCUT2D eigenvalue weighted by Crippen LogP contribution is 2.23. The molecule has 0 unspecified atom stereocenters. The molecular formula is C29H42N6O. The molecule has 36 heavy (non-hydrogen) atoms. The maximum Gasteiger partial charge on any atom is 0.270 e. The van der Waals surface area contributed by atoms with Crippen LogP contribution in [0.2, 0.25) is 0 Å². The van der Waals surface area contributed by atoms with Gasteiger partial charge < -0.3 is 15.5 Å². The first kappa shape index (κ1) is 26.1. The molecule has 194 valence electrons. The molecule has 7 nitrogen and oxygen atoms in total. The minimum Gasteiger partial charge on any atom is -0.373 e. The van der Waals surface area contributed by atoms with Crippen LogP contribution < -0.4 is 15.5 Å². The minimum atomic E-state index is -0.321. The molecule has 2 aromatic rings. The van der Waals surface area contributed by atoms with Crippen LogP contribution in [0.15, 0.2) is 36.4 Å². The topological polar surface area (TPSA) is 84.4 Å². The third-order valence-electron chi connectivity index (χ3n) is 7.52. The fourth-order valence-corrected chi connectivity index (χ4v) is 5.20.